The molecule has 0 bridgehead atoms. The van der Waals surface area contributed by atoms with Crippen LogP contribution in [-0.4, -0.2) is 11.4 Å². The van der Waals surface area contributed by atoms with Crippen LogP contribution in [-0.2, 0) is 0 Å². The van der Waals surface area contributed by atoms with Gasteiger partial charge in [0.15, 0.2) is 0 Å². The Kier molecular flexibility index (Phi) is 2.46. The molecular formula is C6H10ClNO. The second-order valence-corrected chi connectivity index (χ2v) is 3.03. The highest BCUT2D eigenvalue weighted by Crippen LogP contribution is 2.24. The topological polar surface area (TPSA) is 29.4 Å². The summed E-state index contributed by atoms with van der Waals surface area (Å²) in [6.45, 7) is 0. The summed E-state index contributed by atoms with van der Waals surface area (Å²) in [5.74, 6) is 0. The fraction of sp³-hybridized carbons (Fsp3) is 1.00. The van der Waals surface area contributed by atoms with Gasteiger partial charge in [0.1, 0.15) is 6.04 Å². The summed E-state index contributed by atoms with van der Waals surface area (Å²) in [4.78, 5) is 10.0. The molecule has 0 aromatic rings. The summed E-state index contributed by atoms with van der Waals surface area (Å²) in [5.41, 5.74) is 0. The Morgan fingerprint density at radius 1 is 1.33 bits per heavy atom. The Morgan fingerprint density at radius 3 is 2.44 bits per heavy atom. The fourth-order valence-corrected chi connectivity index (χ4v) is 1.51. The van der Waals surface area contributed by atoms with E-state index in [1.54, 1.807) is 0 Å². The maximum Gasteiger partial charge on any atom is 0.108 e. The van der Waals surface area contributed by atoms with Crippen LogP contribution in [0.1, 0.15) is 25.7 Å². The van der Waals surface area contributed by atoms with E-state index < -0.39 is 0 Å². The SMILES string of the molecule is O=N[C@@H]1CCCC[C@@H]1Cl. The van der Waals surface area contributed by atoms with E-state index in [1.807, 2.05) is 0 Å². The van der Waals surface area contributed by atoms with Gasteiger partial charge in [-0.25, -0.2) is 0 Å². The number of halogens is 1. The minimum Gasteiger partial charge on any atom is -0.150 e. The summed E-state index contributed by atoms with van der Waals surface area (Å²) in [5, 5.41) is 2.96. The summed E-state index contributed by atoms with van der Waals surface area (Å²) in [7, 11) is 0. The van der Waals surface area contributed by atoms with Gasteiger partial charge in [0.25, 0.3) is 0 Å². The van der Waals surface area contributed by atoms with E-state index in [0.29, 0.717) is 0 Å². The van der Waals surface area contributed by atoms with E-state index in [0.717, 1.165) is 25.7 Å². The molecule has 0 spiro atoms. The molecule has 0 saturated heterocycles. The van der Waals surface area contributed by atoms with Crippen molar-refractivity contribution in [3.63, 3.8) is 0 Å². The molecule has 0 heterocycles. The lowest BCUT2D eigenvalue weighted by Gasteiger charge is -2.19. The van der Waals surface area contributed by atoms with Crippen LogP contribution in [0.4, 0.5) is 0 Å². The summed E-state index contributed by atoms with van der Waals surface area (Å²) >= 11 is 5.79. The molecule has 0 aliphatic heterocycles. The Bertz CT molecular complexity index is 107. The maximum atomic E-state index is 10.0. The van der Waals surface area contributed by atoms with Crippen molar-refractivity contribution in [2.75, 3.05) is 0 Å². The lowest BCUT2D eigenvalue weighted by Crippen LogP contribution is -2.22. The van der Waals surface area contributed by atoms with Crippen molar-refractivity contribution in [1.82, 2.24) is 0 Å². The van der Waals surface area contributed by atoms with Gasteiger partial charge in [0.05, 0.1) is 5.38 Å². The zero-order chi connectivity index (χ0) is 6.69. The molecule has 0 N–H and O–H groups in total. The molecule has 1 saturated carbocycles. The maximum absolute atomic E-state index is 10.0. The Labute approximate surface area is 59.6 Å². The highest BCUT2D eigenvalue weighted by Gasteiger charge is 2.23. The van der Waals surface area contributed by atoms with Crippen molar-refractivity contribution >= 4 is 11.6 Å². The number of hydrogen-bond donors (Lipinski definition) is 0. The van der Waals surface area contributed by atoms with Gasteiger partial charge < -0.3 is 0 Å². The third kappa shape index (κ3) is 1.65. The van der Waals surface area contributed by atoms with Crippen molar-refractivity contribution < 1.29 is 0 Å². The smallest absolute Gasteiger partial charge is 0.108 e. The van der Waals surface area contributed by atoms with E-state index in [1.165, 1.54) is 0 Å². The lowest BCUT2D eigenvalue weighted by atomic mass is 9.96. The van der Waals surface area contributed by atoms with Crippen LogP contribution in [0.2, 0.25) is 0 Å². The Balaban J connectivity index is 2.38. The van der Waals surface area contributed by atoms with Gasteiger partial charge in [-0.1, -0.05) is 18.0 Å². The predicted molar refractivity (Wildman–Crippen MR) is 37.7 cm³/mol. The van der Waals surface area contributed by atoms with Crippen LogP contribution in [0.25, 0.3) is 0 Å². The quantitative estimate of drug-likeness (QED) is 0.414. The molecule has 1 aliphatic rings. The first-order chi connectivity index (χ1) is 4.34. The minimum atomic E-state index is -0.111. The van der Waals surface area contributed by atoms with Gasteiger partial charge in [-0.2, -0.15) is 4.91 Å². The normalized spacial score (nSPS) is 36.1. The molecule has 1 rings (SSSR count). The van der Waals surface area contributed by atoms with Gasteiger partial charge in [0.2, 0.25) is 0 Å². The van der Waals surface area contributed by atoms with Gasteiger partial charge in [-0.3, -0.25) is 0 Å². The van der Waals surface area contributed by atoms with E-state index in [9.17, 15) is 4.91 Å². The zero-order valence-electron chi connectivity index (χ0n) is 5.22. The molecule has 9 heavy (non-hydrogen) atoms. The van der Waals surface area contributed by atoms with Crippen molar-refractivity contribution in [3.8, 4) is 0 Å². The molecule has 0 radical (unpaired) electrons. The van der Waals surface area contributed by atoms with Crippen LogP contribution in [0, 0.1) is 4.91 Å². The monoisotopic (exact) mass is 147 g/mol. The van der Waals surface area contributed by atoms with Gasteiger partial charge in [0, 0.05) is 0 Å². The number of alkyl halides is 1. The van der Waals surface area contributed by atoms with E-state index in [-0.39, 0.29) is 11.4 Å². The average Bonchev–Trinajstić information content (AvgIpc) is 1.89. The average molecular weight is 148 g/mol. The van der Waals surface area contributed by atoms with Crippen molar-refractivity contribution in [3.05, 3.63) is 4.91 Å². The molecular weight excluding hydrogens is 138 g/mol. The second kappa shape index (κ2) is 3.16. The van der Waals surface area contributed by atoms with E-state index >= 15 is 0 Å². The first-order valence-corrected chi connectivity index (χ1v) is 3.75. The Hall–Kier alpha value is -0.110. The molecule has 0 aromatic carbocycles. The molecule has 2 atom stereocenters. The third-order valence-electron chi connectivity index (χ3n) is 1.78. The third-order valence-corrected chi connectivity index (χ3v) is 2.29. The van der Waals surface area contributed by atoms with E-state index in [4.69, 9.17) is 11.6 Å². The number of hydrogen-bond acceptors (Lipinski definition) is 2. The lowest BCUT2D eigenvalue weighted by molar-refractivity contribution is 0.448. The largest absolute Gasteiger partial charge is 0.150 e. The molecule has 0 amide bonds. The van der Waals surface area contributed by atoms with Gasteiger partial charge >= 0.3 is 0 Å². The van der Waals surface area contributed by atoms with Crippen LogP contribution < -0.4 is 0 Å². The van der Waals surface area contributed by atoms with Crippen molar-refractivity contribution in [2.24, 2.45) is 5.18 Å². The second-order valence-electron chi connectivity index (χ2n) is 2.47. The van der Waals surface area contributed by atoms with E-state index in [2.05, 4.69) is 5.18 Å². The highest BCUT2D eigenvalue weighted by atomic mass is 35.5. The number of nitrogens with zero attached hydrogens (tertiary/aromatic N) is 1. The molecule has 2 nitrogen and oxygen atoms in total. The molecule has 3 heteroatoms. The molecule has 0 aromatic heterocycles. The summed E-state index contributed by atoms with van der Waals surface area (Å²) < 4.78 is 0. The standard InChI is InChI=1S/C6H10ClNO/c7-5-3-1-2-4-6(5)8-9/h5-6H,1-4H2/t5-,6+/m0/s1. The Morgan fingerprint density at radius 2 is 2.00 bits per heavy atom. The van der Waals surface area contributed by atoms with Crippen molar-refractivity contribution in [1.29, 1.82) is 0 Å². The number of rotatable bonds is 1. The van der Waals surface area contributed by atoms with Crippen LogP contribution >= 0.6 is 11.6 Å². The van der Waals surface area contributed by atoms with Gasteiger partial charge in [-0.05, 0) is 12.8 Å². The molecule has 1 fully saturated rings. The highest BCUT2D eigenvalue weighted by molar-refractivity contribution is 6.21. The minimum absolute atomic E-state index is 0.0104. The summed E-state index contributed by atoms with van der Waals surface area (Å²) in [6, 6.07) is -0.111. The first kappa shape index (κ1) is 7.00. The first-order valence-electron chi connectivity index (χ1n) is 3.31. The summed E-state index contributed by atoms with van der Waals surface area (Å²) in [6.07, 6.45) is 4.11. The molecule has 52 valence electrons. The fourth-order valence-electron chi connectivity index (χ4n) is 1.18. The van der Waals surface area contributed by atoms with Gasteiger partial charge in [-0.15, -0.1) is 11.6 Å². The molecule has 0 unspecified atom stereocenters. The molecule has 1 aliphatic carbocycles. The zero-order valence-corrected chi connectivity index (χ0v) is 5.97. The number of nitroso groups, excluding NO2 is 1. The predicted octanol–water partition coefficient (Wildman–Crippen LogP) is 2.30. The van der Waals surface area contributed by atoms with Crippen LogP contribution in [0.15, 0.2) is 5.18 Å². The van der Waals surface area contributed by atoms with Crippen molar-refractivity contribution in [2.45, 2.75) is 37.1 Å². The van der Waals surface area contributed by atoms with Crippen LogP contribution in [0.3, 0.4) is 0 Å². The van der Waals surface area contributed by atoms with Crippen LogP contribution in [0.5, 0.6) is 0 Å².